The van der Waals surface area contributed by atoms with Crippen molar-refractivity contribution >= 4 is 5.97 Å². The zero-order valence-corrected chi connectivity index (χ0v) is 8.58. The van der Waals surface area contributed by atoms with Crippen LogP contribution in [0.5, 0.6) is 0 Å². The van der Waals surface area contributed by atoms with Crippen LogP contribution in [-0.4, -0.2) is 30.6 Å². The van der Waals surface area contributed by atoms with E-state index in [-0.39, 0.29) is 12.8 Å². The monoisotopic (exact) mass is 270 g/mol. The number of rotatable bonds is 5. The van der Waals surface area contributed by atoms with Crippen LogP contribution in [0.25, 0.3) is 0 Å². The van der Waals surface area contributed by atoms with Gasteiger partial charge in [0.05, 0.1) is 0 Å². The highest BCUT2D eigenvalue weighted by Gasteiger charge is 2.73. The number of esters is 1. The lowest BCUT2D eigenvalue weighted by atomic mass is 10.2. The lowest BCUT2D eigenvalue weighted by Crippen LogP contribution is -2.54. The van der Waals surface area contributed by atoms with Crippen molar-refractivity contribution in [3.05, 3.63) is 0 Å². The molecule has 0 bridgehead atoms. The van der Waals surface area contributed by atoms with Crippen LogP contribution in [0.15, 0.2) is 0 Å². The number of alkyl halides is 7. The number of carbonyl (C=O) groups is 1. The summed E-state index contributed by atoms with van der Waals surface area (Å²) in [5.41, 5.74) is 0. The number of halogens is 7. The molecule has 0 heterocycles. The van der Waals surface area contributed by atoms with Gasteiger partial charge in [0.1, 0.15) is 0 Å². The number of hydrogen-bond donors (Lipinski definition) is 0. The van der Waals surface area contributed by atoms with Gasteiger partial charge in [-0.05, 0) is 6.42 Å². The Hall–Kier alpha value is -1.02. The molecule has 2 nitrogen and oxygen atoms in total. The van der Waals surface area contributed by atoms with E-state index in [0.717, 1.165) is 0 Å². The molecule has 0 unspecified atom stereocenters. The van der Waals surface area contributed by atoms with Gasteiger partial charge >= 0.3 is 24.0 Å². The van der Waals surface area contributed by atoms with Crippen molar-refractivity contribution in [3.8, 4) is 0 Å². The van der Waals surface area contributed by atoms with E-state index >= 15 is 0 Å². The fraction of sp³-hybridized carbons (Fsp3) is 0.875. The number of hydrogen-bond acceptors (Lipinski definition) is 2. The van der Waals surface area contributed by atoms with Crippen molar-refractivity contribution in [3.63, 3.8) is 0 Å². The predicted molar refractivity (Wildman–Crippen MR) is 41.8 cm³/mol. The summed E-state index contributed by atoms with van der Waals surface area (Å²) in [6.45, 7) is -0.831. The summed E-state index contributed by atoms with van der Waals surface area (Å²) in [6, 6.07) is 0. The molecule has 0 rings (SSSR count). The van der Waals surface area contributed by atoms with Gasteiger partial charge in [0.15, 0.2) is 6.61 Å². The Labute approximate surface area is 91.7 Å². The summed E-state index contributed by atoms with van der Waals surface area (Å²) in [7, 11) is 0. The largest absolute Gasteiger partial charge is 0.460 e. The highest BCUT2D eigenvalue weighted by Crippen LogP contribution is 2.46. The Morgan fingerprint density at radius 3 is 1.88 bits per heavy atom. The van der Waals surface area contributed by atoms with Crippen molar-refractivity contribution in [2.24, 2.45) is 0 Å². The minimum Gasteiger partial charge on any atom is -0.459 e. The van der Waals surface area contributed by atoms with Crippen LogP contribution < -0.4 is 0 Å². The minimum absolute atomic E-state index is 0.195. The van der Waals surface area contributed by atoms with Crippen molar-refractivity contribution in [2.45, 2.75) is 37.8 Å². The van der Waals surface area contributed by atoms with E-state index < -0.39 is 30.6 Å². The van der Waals surface area contributed by atoms with Crippen LogP contribution >= 0.6 is 0 Å². The molecule has 102 valence electrons. The molecule has 0 amide bonds. The molecule has 0 fully saturated rings. The Balaban J connectivity index is 4.63. The lowest BCUT2D eigenvalue weighted by molar-refractivity contribution is -0.359. The molecule has 0 saturated carbocycles. The van der Waals surface area contributed by atoms with Crippen LogP contribution in [0.4, 0.5) is 30.7 Å². The van der Waals surface area contributed by atoms with Gasteiger partial charge in [0.25, 0.3) is 0 Å². The van der Waals surface area contributed by atoms with Crippen LogP contribution in [0.2, 0.25) is 0 Å². The Morgan fingerprint density at radius 1 is 1.06 bits per heavy atom. The first kappa shape index (κ1) is 16.0. The van der Waals surface area contributed by atoms with Crippen LogP contribution in [0.3, 0.4) is 0 Å². The van der Waals surface area contributed by atoms with Crippen molar-refractivity contribution in [1.82, 2.24) is 0 Å². The SMILES string of the molecule is CCCC(=O)OCC(F)(F)C(F)(F)C(F)(F)F. The van der Waals surface area contributed by atoms with Crippen molar-refractivity contribution in [2.75, 3.05) is 6.61 Å². The first-order valence-corrected chi connectivity index (χ1v) is 4.43. The third-order valence-electron chi connectivity index (χ3n) is 1.68. The van der Waals surface area contributed by atoms with Crippen LogP contribution in [-0.2, 0) is 9.53 Å². The standard InChI is InChI=1S/C8H9F7O2/c1-2-3-5(16)17-4-6(9,10)7(11,12)8(13,14)15/h2-4H2,1H3. The topological polar surface area (TPSA) is 26.3 Å². The van der Waals surface area contributed by atoms with E-state index in [0.29, 0.717) is 0 Å². The van der Waals surface area contributed by atoms with Gasteiger partial charge in [0, 0.05) is 6.42 Å². The zero-order chi connectivity index (χ0) is 13.9. The molecule has 0 aliphatic carbocycles. The second-order valence-electron chi connectivity index (χ2n) is 3.19. The normalized spacial score (nSPS) is 13.6. The fourth-order valence-corrected chi connectivity index (χ4v) is 0.745. The number of carbonyl (C=O) groups excluding carboxylic acids is 1. The summed E-state index contributed by atoms with van der Waals surface area (Å²) >= 11 is 0. The second kappa shape index (κ2) is 5.09. The molecular formula is C8H9F7O2. The minimum atomic E-state index is -6.41. The lowest BCUT2D eigenvalue weighted by Gasteiger charge is -2.27. The van der Waals surface area contributed by atoms with Gasteiger partial charge in [-0.1, -0.05) is 6.92 Å². The number of ether oxygens (including phenoxy) is 1. The summed E-state index contributed by atoms with van der Waals surface area (Å²) in [4.78, 5) is 10.6. The Bertz CT molecular complexity index is 272. The Morgan fingerprint density at radius 2 is 1.53 bits per heavy atom. The van der Waals surface area contributed by atoms with Crippen LogP contribution in [0, 0.1) is 0 Å². The predicted octanol–water partition coefficient (Wildman–Crippen LogP) is 3.16. The van der Waals surface area contributed by atoms with Gasteiger partial charge in [-0.2, -0.15) is 30.7 Å². The molecule has 0 aliphatic rings. The molecule has 0 radical (unpaired) electrons. The maximum Gasteiger partial charge on any atom is 0.460 e. The highest BCUT2D eigenvalue weighted by molar-refractivity contribution is 5.69. The summed E-state index contributed by atoms with van der Waals surface area (Å²) in [5, 5.41) is 0. The van der Waals surface area contributed by atoms with E-state index in [9.17, 15) is 35.5 Å². The van der Waals surface area contributed by atoms with E-state index in [1.807, 2.05) is 0 Å². The van der Waals surface area contributed by atoms with E-state index in [1.54, 1.807) is 0 Å². The van der Waals surface area contributed by atoms with E-state index in [2.05, 4.69) is 4.74 Å². The van der Waals surface area contributed by atoms with Gasteiger partial charge in [-0.15, -0.1) is 0 Å². The van der Waals surface area contributed by atoms with Gasteiger partial charge in [0.2, 0.25) is 0 Å². The molecule has 0 aliphatic heterocycles. The molecule has 17 heavy (non-hydrogen) atoms. The Kier molecular flexibility index (Phi) is 4.79. The maximum atomic E-state index is 12.6. The molecule has 0 aromatic carbocycles. The first-order valence-electron chi connectivity index (χ1n) is 4.43. The van der Waals surface area contributed by atoms with E-state index in [1.165, 1.54) is 6.92 Å². The third-order valence-corrected chi connectivity index (χ3v) is 1.68. The second-order valence-corrected chi connectivity index (χ2v) is 3.19. The van der Waals surface area contributed by atoms with Crippen LogP contribution in [0.1, 0.15) is 19.8 Å². The smallest absolute Gasteiger partial charge is 0.459 e. The van der Waals surface area contributed by atoms with Crippen molar-refractivity contribution < 1.29 is 40.3 Å². The van der Waals surface area contributed by atoms with Gasteiger partial charge in [-0.25, -0.2) is 0 Å². The fourth-order valence-electron chi connectivity index (χ4n) is 0.745. The van der Waals surface area contributed by atoms with Gasteiger partial charge in [-0.3, -0.25) is 4.79 Å². The average Bonchev–Trinajstić information content (AvgIpc) is 2.13. The molecule has 0 atom stereocenters. The molecule has 0 saturated heterocycles. The molecule has 0 N–H and O–H groups in total. The molecular weight excluding hydrogens is 261 g/mol. The summed E-state index contributed by atoms with van der Waals surface area (Å²) in [5.74, 6) is -13.0. The summed E-state index contributed by atoms with van der Waals surface area (Å²) < 4.78 is 88.2. The zero-order valence-electron chi connectivity index (χ0n) is 8.58. The molecule has 0 spiro atoms. The highest BCUT2D eigenvalue weighted by atomic mass is 19.4. The third kappa shape index (κ3) is 3.74. The molecule has 0 aromatic heterocycles. The van der Waals surface area contributed by atoms with Crippen molar-refractivity contribution in [1.29, 1.82) is 0 Å². The average molecular weight is 270 g/mol. The molecule has 0 aromatic rings. The molecule has 9 heteroatoms. The maximum absolute atomic E-state index is 12.6. The quantitative estimate of drug-likeness (QED) is 0.566. The summed E-state index contributed by atoms with van der Waals surface area (Å²) in [6.07, 6.45) is -6.55. The first-order chi connectivity index (χ1) is 7.45. The van der Waals surface area contributed by atoms with Gasteiger partial charge < -0.3 is 4.74 Å². The van der Waals surface area contributed by atoms with E-state index in [4.69, 9.17) is 0 Å².